The lowest BCUT2D eigenvalue weighted by molar-refractivity contribution is -0.140. The molecule has 124 valence electrons. The second-order valence-electron chi connectivity index (χ2n) is 5.81. The third-order valence-electron chi connectivity index (χ3n) is 3.80. The van der Waals surface area contributed by atoms with Crippen LogP contribution in [0.25, 0.3) is 17.0 Å². The lowest BCUT2D eigenvalue weighted by Crippen LogP contribution is -2.33. The molecule has 0 atom stereocenters. The zero-order valence-electron chi connectivity index (χ0n) is 13.2. The van der Waals surface area contributed by atoms with Gasteiger partial charge in [0.25, 0.3) is 5.91 Å². The number of nitrogens with one attached hydrogen (secondary N) is 1. The largest absolute Gasteiger partial charge is 0.480 e. The average molecular weight is 360 g/mol. The minimum atomic E-state index is -1.08. The highest BCUT2D eigenvalue weighted by molar-refractivity contribution is 8.26. The molecule has 2 N–H and O–H groups in total. The fraction of sp³-hybridized carbons (Fsp3) is 0.235. The molecule has 0 spiro atoms. The molecule has 1 fully saturated rings. The summed E-state index contributed by atoms with van der Waals surface area (Å²) < 4.78 is 0.277. The van der Waals surface area contributed by atoms with Crippen LogP contribution in [0.1, 0.15) is 31.0 Å². The summed E-state index contributed by atoms with van der Waals surface area (Å²) in [4.78, 5) is 28.3. The number of aromatic amines is 1. The van der Waals surface area contributed by atoms with Gasteiger partial charge >= 0.3 is 5.97 Å². The number of carbonyl (C=O) groups is 2. The number of thiocarbonyl (C=S) groups is 1. The Bertz CT molecular complexity index is 883. The first-order valence-corrected chi connectivity index (χ1v) is 8.68. The summed E-state index contributed by atoms with van der Waals surface area (Å²) in [5.41, 5.74) is 3.00. The van der Waals surface area contributed by atoms with Gasteiger partial charge in [0.05, 0.1) is 4.91 Å². The summed E-state index contributed by atoms with van der Waals surface area (Å²) in [6.45, 7) is 3.75. The summed E-state index contributed by atoms with van der Waals surface area (Å²) in [6, 6.07) is 7.90. The maximum absolute atomic E-state index is 12.5. The van der Waals surface area contributed by atoms with Crippen molar-refractivity contribution >= 4 is 57.2 Å². The number of aliphatic carboxylic acids is 1. The summed E-state index contributed by atoms with van der Waals surface area (Å²) in [5.74, 6) is -1.18. The molecule has 5 nitrogen and oxygen atoms in total. The van der Waals surface area contributed by atoms with Crippen LogP contribution >= 0.6 is 24.0 Å². The number of benzene rings is 1. The SMILES string of the molecule is CC(C)c1[nH]c2ccccc2c1C=C1SC(=S)N(CC(=O)O)C1=O. The summed E-state index contributed by atoms with van der Waals surface area (Å²) in [5, 5.41) is 9.96. The van der Waals surface area contributed by atoms with Gasteiger partial charge in [0, 0.05) is 22.2 Å². The summed E-state index contributed by atoms with van der Waals surface area (Å²) in [7, 11) is 0. The topological polar surface area (TPSA) is 73.4 Å². The highest BCUT2D eigenvalue weighted by Gasteiger charge is 2.33. The van der Waals surface area contributed by atoms with Crippen LogP contribution in [-0.2, 0) is 9.59 Å². The third-order valence-corrected chi connectivity index (χ3v) is 5.17. The molecule has 0 aliphatic carbocycles. The first kappa shape index (κ1) is 16.7. The predicted octanol–water partition coefficient (Wildman–Crippen LogP) is 3.58. The number of fused-ring (bicyclic) bond motifs is 1. The Morgan fingerprint density at radius 3 is 2.79 bits per heavy atom. The molecule has 2 heterocycles. The lowest BCUT2D eigenvalue weighted by atomic mass is 10.0. The fourth-order valence-electron chi connectivity index (χ4n) is 2.70. The van der Waals surface area contributed by atoms with E-state index in [1.807, 2.05) is 30.3 Å². The van der Waals surface area contributed by atoms with Crippen molar-refractivity contribution in [2.75, 3.05) is 6.54 Å². The van der Waals surface area contributed by atoms with Gasteiger partial charge in [-0.25, -0.2) is 0 Å². The molecular weight excluding hydrogens is 344 g/mol. The van der Waals surface area contributed by atoms with E-state index in [9.17, 15) is 9.59 Å². The monoisotopic (exact) mass is 360 g/mol. The van der Waals surface area contributed by atoms with Crippen molar-refractivity contribution < 1.29 is 14.7 Å². The van der Waals surface area contributed by atoms with Crippen molar-refractivity contribution in [3.05, 3.63) is 40.4 Å². The van der Waals surface area contributed by atoms with E-state index in [1.165, 1.54) is 0 Å². The van der Waals surface area contributed by atoms with Crippen LogP contribution < -0.4 is 0 Å². The van der Waals surface area contributed by atoms with E-state index in [0.717, 1.165) is 38.8 Å². The number of H-pyrrole nitrogens is 1. The maximum atomic E-state index is 12.5. The van der Waals surface area contributed by atoms with Crippen LogP contribution in [0.3, 0.4) is 0 Å². The molecule has 0 unspecified atom stereocenters. The number of aromatic nitrogens is 1. The molecule has 3 rings (SSSR count). The van der Waals surface area contributed by atoms with Gasteiger partial charge in [-0.1, -0.05) is 56.0 Å². The van der Waals surface area contributed by atoms with Gasteiger partial charge in [0.1, 0.15) is 10.9 Å². The molecule has 1 aromatic carbocycles. The lowest BCUT2D eigenvalue weighted by Gasteiger charge is -2.10. The van der Waals surface area contributed by atoms with E-state index in [0.29, 0.717) is 4.91 Å². The van der Waals surface area contributed by atoms with Crippen molar-refractivity contribution in [2.45, 2.75) is 19.8 Å². The van der Waals surface area contributed by atoms with Gasteiger partial charge in [-0.3, -0.25) is 14.5 Å². The van der Waals surface area contributed by atoms with Crippen molar-refractivity contribution in [3.8, 4) is 0 Å². The summed E-state index contributed by atoms with van der Waals surface area (Å²) in [6.07, 6.45) is 1.81. The van der Waals surface area contributed by atoms with Gasteiger partial charge in [-0.2, -0.15) is 0 Å². The second kappa shape index (κ2) is 6.41. The molecule has 2 aromatic rings. The van der Waals surface area contributed by atoms with Crippen LogP contribution in [0.5, 0.6) is 0 Å². The molecule has 7 heteroatoms. The number of rotatable bonds is 4. The highest BCUT2D eigenvalue weighted by atomic mass is 32.2. The highest BCUT2D eigenvalue weighted by Crippen LogP contribution is 2.36. The van der Waals surface area contributed by atoms with Gasteiger partial charge in [-0.05, 0) is 18.1 Å². The molecule has 0 saturated carbocycles. The molecule has 1 aliphatic heterocycles. The predicted molar refractivity (Wildman–Crippen MR) is 99.9 cm³/mol. The van der Waals surface area contributed by atoms with E-state index in [-0.39, 0.29) is 16.1 Å². The molecule has 0 bridgehead atoms. The van der Waals surface area contributed by atoms with Crippen molar-refractivity contribution in [3.63, 3.8) is 0 Å². The molecule has 24 heavy (non-hydrogen) atoms. The zero-order chi connectivity index (χ0) is 17.4. The molecule has 1 saturated heterocycles. The maximum Gasteiger partial charge on any atom is 0.323 e. The number of hydrogen-bond acceptors (Lipinski definition) is 4. The minimum absolute atomic E-state index is 0.257. The molecular formula is C17H16N2O3S2. The van der Waals surface area contributed by atoms with Gasteiger partial charge in [0.2, 0.25) is 0 Å². The van der Waals surface area contributed by atoms with Gasteiger partial charge in [-0.15, -0.1) is 0 Å². The smallest absolute Gasteiger partial charge is 0.323 e. The van der Waals surface area contributed by atoms with E-state index < -0.39 is 12.5 Å². The first-order chi connectivity index (χ1) is 11.4. The average Bonchev–Trinajstić information content (AvgIpc) is 3.01. The van der Waals surface area contributed by atoms with Crippen molar-refractivity contribution in [1.82, 2.24) is 9.88 Å². The van der Waals surface area contributed by atoms with Crippen molar-refractivity contribution in [1.29, 1.82) is 0 Å². The van der Waals surface area contributed by atoms with Crippen molar-refractivity contribution in [2.24, 2.45) is 0 Å². The Kier molecular flexibility index (Phi) is 4.47. The molecule has 1 aromatic heterocycles. The number of carbonyl (C=O) groups excluding carboxylic acids is 1. The Morgan fingerprint density at radius 1 is 1.42 bits per heavy atom. The molecule has 1 amide bonds. The number of carboxylic acid groups (broad SMARTS) is 1. The molecule has 0 radical (unpaired) electrons. The third kappa shape index (κ3) is 2.97. The number of para-hydroxylation sites is 1. The first-order valence-electron chi connectivity index (χ1n) is 7.46. The van der Waals surface area contributed by atoms with E-state index in [2.05, 4.69) is 18.8 Å². The fourth-order valence-corrected chi connectivity index (χ4v) is 3.93. The molecule has 1 aliphatic rings. The number of carboxylic acids is 1. The Balaban J connectivity index is 2.07. The van der Waals surface area contributed by atoms with Crippen LogP contribution in [0, 0.1) is 0 Å². The van der Waals surface area contributed by atoms with Gasteiger partial charge in [0.15, 0.2) is 0 Å². The Hall–Kier alpha value is -2.12. The van der Waals surface area contributed by atoms with Crippen LogP contribution in [0.4, 0.5) is 0 Å². The quantitative estimate of drug-likeness (QED) is 0.644. The number of nitrogens with zero attached hydrogens (tertiary/aromatic N) is 1. The second-order valence-corrected chi connectivity index (χ2v) is 7.49. The van der Waals surface area contributed by atoms with E-state index >= 15 is 0 Å². The summed E-state index contributed by atoms with van der Waals surface area (Å²) >= 11 is 6.29. The zero-order valence-corrected chi connectivity index (χ0v) is 14.8. The van der Waals surface area contributed by atoms with E-state index in [4.69, 9.17) is 17.3 Å². The number of amides is 1. The van der Waals surface area contributed by atoms with E-state index in [1.54, 1.807) is 0 Å². The standard InChI is InChI=1S/C17H16N2O3S2/c1-9(2)15-11(10-5-3-4-6-12(10)18-15)7-13-16(22)19(8-14(20)21)17(23)24-13/h3-7,9,18H,8H2,1-2H3,(H,20,21). The number of hydrogen-bond donors (Lipinski definition) is 2. The Morgan fingerprint density at radius 2 is 2.12 bits per heavy atom. The Labute approximate surface area is 148 Å². The van der Waals surface area contributed by atoms with Crippen LogP contribution in [0.2, 0.25) is 0 Å². The van der Waals surface area contributed by atoms with Gasteiger partial charge < -0.3 is 10.1 Å². The van der Waals surface area contributed by atoms with Crippen LogP contribution in [0.15, 0.2) is 29.2 Å². The minimum Gasteiger partial charge on any atom is -0.480 e. The normalized spacial score (nSPS) is 16.8. The number of thioether (sulfide) groups is 1. The van der Waals surface area contributed by atoms with Crippen LogP contribution in [-0.4, -0.2) is 37.7 Å².